The number of halogens is 1. The van der Waals surface area contributed by atoms with Gasteiger partial charge in [-0.15, -0.1) is 0 Å². The SMILES string of the molecule is COc1cc2c(cc1N1CCOCC1)CC(Cc1c(C)cccc1Cl)C2=O. The van der Waals surface area contributed by atoms with Crippen molar-refractivity contribution in [2.75, 3.05) is 38.3 Å². The molecular formula is C22H24ClNO3. The molecule has 2 aromatic carbocycles. The summed E-state index contributed by atoms with van der Waals surface area (Å²) in [5, 5.41) is 0.741. The number of Topliss-reactive ketones (excluding diaryl/α,β-unsaturated/α-hetero) is 1. The molecule has 1 atom stereocenters. The minimum atomic E-state index is -0.0664. The van der Waals surface area contributed by atoms with Gasteiger partial charge in [-0.05, 0) is 54.7 Å². The summed E-state index contributed by atoms with van der Waals surface area (Å²) in [6, 6.07) is 9.95. The summed E-state index contributed by atoms with van der Waals surface area (Å²) in [7, 11) is 1.66. The molecule has 0 bridgehead atoms. The van der Waals surface area contributed by atoms with E-state index in [9.17, 15) is 4.79 Å². The number of anilines is 1. The lowest BCUT2D eigenvalue weighted by Gasteiger charge is -2.30. The largest absolute Gasteiger partial charge is 0.495 e. The molecule has 2 aliphatic rings. The van der Waals surface area contributed by atoms with Gasteiger partial charge in [-0.1, -0.05) is 23.7 Å². The zero-order valence-corrected chi connectivity index (χ0v) is 16.5. The highest BCUT2D eigenvalue weighted by molar-refractivity contribution is 6.31. The second-order valence-electron chi connectivity index (χ2n) is 7.29. The molecule has 0 radical (unpaired) electrons. The summed E-state index contributed by atoms with van der Waals surface area (Å²) in [4.78, 5) is 15.3. The van der Waals surface area contributed by atoms with E-state index in [-0.39, 0.29) is 11.7 Å². The number of carbonyl (C=O) groups excluding carboxylic acids is 1. The molecule has 1 heterocycles. The standard InChI is InChI=1S/C22H24ClNO3/c1-14-4-3-5-19(23)17(14)11-16-10-15-12-20(24-6-8-27-9-7-24)21(26-2)13-18(15)22(16)25/h3-5,12-13,16H,6-11H2,1-2H3. The minimum absolute atomic E-state index is 0.0664. The van der Waals surface area contributed by atoms with E-state index in [0.29, 0.717) is 19.6 Å². The van der Waals surface area contributed by atoms with Crippen LogP contribution in [0.2, 0.25) is 5.02 Å². The highest BCUT2D eigenvalue weighted by atomic mass is 35.5. The number of nitrogens with zero attached hydrogens (tertiary/aromatic N) is 1. The summed E-state index contributed by atoms with van der Waals surface area (Å²) in [6.45, 7) is 5.16. The maximum atomic E-state index is 13.0. The van der Waals surface area contributed by atoms with Crippen molar-refractivity contribution in [3.8, 4) is 5.75 Å². The first-order chi connectivity index (χ1) is 13.1. The third kappa shape index (κ3) is 3.44. The Balaban J connectivity index is 1.63. The van der Waals surface area contributed by atoms with Crippen LogP contribution in [0.3, 0.4) is 0 Å². The van der Waals surface area contributed by atoms with Gasteiger partial charge in [0.05, 0.1) is 26.0 Å². The maximum Gasteiger partial charge on any atom is 0.167 e. The van der Waals surface area contributed by atoms with Crippen LogP contribution in [-0.4, -0.2) is 39.2 Å². The van der Waals surface area contributed by atoms with Gasteiger partial charge in [0.1, 0.15) is 5.75 Å². The number of methoxy groups -OCH3 is 1. The van der Waals surface area contributed by atoms with E-state index in [1.54, 1.807) is 7.11 Å². The minimum Gasteiger partial charge on any atom is -0.495 e. The first-order valence-electron chi connectivity index (χ1n) is 9.40. The topological polar surface area (TPSA) is 38.8 Å². The second kappa shape index (κ2) is 7.53. The fourth-order valence-corrected chi connectivity index (χ4v) is 4.44. The van der Waals surface area contributed by atoms with Gasteiger partial charge < -0.3 is 14.4 Å². The summed E-state index contributed by atoms with van der Waals surface area (Å²) < 4.78 is 11.1. The fraction of sp³-hybridized carbons (Fsp3) is 0.409. The molecule has 27 heavy (non-hydrogen) atoms. The van der Waals surface area contributed by atoms with Gasteiger partial charge in [0.15, 0.2) is 5.78 Å². The van der Waals surface area contributed by atoms with Crippen LogP contribution >= 0.6 is 11.6 Å². The Labute approximate surface area is 165 Å². The highest BCUT2D eigenvalue weighted by Gasteiger charge is 2.33. The molecule has 0 amide bonds. The van der Waals surface area contributed by atoms with Crippen LogP contribution in [0.1, 0.15) is 27.0 Å². The van der Waals surface area contributed by atoms with E-state index in [4.69, 9.17) is 21.1 Å². The van der Waals surface area contributed by atoms with Gasteiger partial charge in [-0.3, -0.25) is 4.79 Å². The zero-order valence-electron chi connectivity index (χ0n) is 15.8. The molecule has 0 aromatic heterocycles. The van der Waals surface area contributed by atoms with Crippen molar-refractivity contribution in [2.45, 2.75) is 19.8 Å². The number of morpholine rings is 1. The average molecular weight is 386 g/mol. The second-order valence-corrected chi connectivity index (χ2v) is 7.69. The molecular weight excluding hydrogens is 362 g/mol. The molecule has 1 unspecified atom stereocenters. The number of hydrogen-bond donors (Lipinski definition) is 0. The Morgan fingerprint density at radius 2 is 2.04 bits per heavy atom. The predicted octanol–water partition coefficient (Wildman–Crippen LogP) is 4.09. The third-order valence-corrected chi connectivity index (χ3v) is 6.02. The van der Waals surface area contributed by atoms with Gasteiger partial charge in [0.25, 0.3) is 0 Å². The van der Waals surface area contributed by atoms with E-state index < -0.39 is 0 Å². The van der Waals surface area contributed by atoms with Crippen LogP contribution in [-0.2, 0) is 17.6 Å². The molecule has 0 N–H and O–H groups in total. The van der Waals surface area contributed by atoms with E-state index in [0.717, 1.165) is 58.2 Å². The molecule has 5 heteroatoms. The third-order valence-electron chi connectivity index (χ3n) is 5.66. The zero-order chi connectivity index (χ0) is 19.0. The van der Waals surface area contributed by atoms with Crippen molar-refractivity contribution in [3.63, 3.8) is 0 Å². The monoisotopic (exact) mass is 385 g/mol. The van der Waals surface area contributed by atoms with E-state index in [1.807, 2.05) is 31.2 Å². The molecule has 0 saturated carbocycles. The van der Waals surface area contributed by atoms with Crippen LogP contribution in [0.25, 0.3) is 0 Å². The highest BCUT2D eigenvalue weighted by Crippen LogP contribution is 2.39. The van der Waals surface area contributed by atoms with Gasteiger partial charge in [-0.2, -0.15) is 0 Å². The van der Waals surface area contributed by atoms with Gasteiger partial charge in [0, 0.05) is 29.6 Å². The molecule has 1 fully saturated rings. The van der Waals surface area contributed by atoms with Crippen LogP contribution in [0.15, 0.2) is 30.3 Å². The lowest BCUT2D eigenvalue weighted by molar-refractivity contribution is 0.0936. The summed E-state index contributed by atoms with van der Waals surface area (Å²) in [5.74, 6) is 0.887. The quantitative estimate of drug-likeness (QED) is 0.794. The first-order valence-corrected chi connectivity index (χ1v) is 9.78. The molecule has 0 spiro atoms. The van der Waals surface area contributed by atoms with E-state index in [2.05, 4.69) is 11.0 Å². The van der Waals surface area contributed by atoms with Crippen LogP contribution < -0.4 is 9.64 Å². The smallest absolute Gasteiger partial charge is 0.167 e. The van der Waals surface area contributed by atoms with Crippen LogP contribution in [0.4, 0.5) is 5.69 Å². The van der Waals surface area contributed by atoms with Crippen molar-refractivity contribution in [1.82, 2.24) is 0 Å². The number of benzene rings is 2. The lowest BCUT2D eigenvalue weighted by atomic mass is 9.93. The summed E-state index contributed by atoms with van der Waals surface area (Å²) >= 11 is 6.39. The summed E-state index contributed by atoms with van der Waals surface area (Å²) in [5.41, 5.74) is 5.17. The number of ether oxygens (including phenoxy) is 2. The Hall–Kier alpha value is -2.04. The number of hydrogen-bond acceptors (Lipinski definition) is 4. The van der Waals surface area contributed by atoms with Crippen molar-refractivity contribution in [1.29, 1.82) is 0 Å². The van der Waals surface area contributed by atoms with E-state index in [1.165, 1.54) is 0 Å². The Morgan fingerprint density at radius 3 is 2.74 bits per heavy atom. The number of fused-ring (bicyclic) bond motifs is 1. The maximum absolute atomic E-state index is 13.0. The fourth-order valence-electron chi connectivity index (χ4n) is 4.14. The summed E-state index contributed by atoms with van der Waals surface area (Å²) in [6.07, 6.45) is 1.42. The predicted molar refractivity (Wildman–Crippen MR) is 107 cm³/mol. The molecule has 142 valence electrons. The molecule has 1 aliphatic heterocycles. The van der Waals surface area contributed by atoms with Gasteiger partial charge in [-0.25, -0.2) is 0 Å². The Kier molecular flexibility index (Phi) is 5.11. The van der Waals surface area contributed by atoms with Crippen molar-refractivity contribution in [2.24, 2.45) is 5.92 Å². The number of carbonyl (C=O) groups is 1. The average Bonchev–Trinajstić information content (AvgIpc) is 2.99. The van der Waals surface area contributed by atoms with E-state index >= 15 is 0 Å². The van der Waals surface area contributed by atoms with Gasteiger partial charge in [0.2, 0.25) is 0 Å². The molecule has 1 aliphatic carbocycles. The number of rotatable bonds is 4. The number of aryl methyl sites for hydroxylation is 1. The van der Waals surface area contributed by atoms with Crippen molar-refractivity contribution in [3.05, 3.63) is 57.6 Å². The molecule has 1 saturated heterocycles. The lowest BCUT2D eigenvalue weighted by Crippen LogP contribution is -2.36. The molecule has 4 nitrogen and oxygen atoms in total. The van der Waals surface area contributed by atoms with Crippen LogP contribution in [0.5, 0.6) is 5.75 Å². The van der Waals surface area contributed by atoms with Crippen molar-refractivity contribution >= 4 is 23.1 Å². The Bertz CT molecular complexity index is 854. The normalized spacial score (nSPS) is 19.3. The van der Waals surface area contributed by atoms with Crippen molar-refractivity contribution < 1.29 is 14.3 Å². The van der Waals surface area contributed by atoms with Crippen LogP contribution in [0, 0.1) is 12.8 Å². The van der Waals surface area contributed by atoms with Gasteiger partial charge >= 0.3 is 0 Å². The first kappa shape index (κ1) is 18.3. The number of ketones is 1. The Morgan fingerprint density at radius 1 is 1.26 bits per heavy atom. The molecule has 4 rings (SSSR count). The molecule has 2 aromatic rings.